The maximum absolute atomic E-state index is 5.27. The summed E-state index contributed by atoms with van der Waals surface area (Å²) in [6.07, 6.45) is 0. The summed E-state index contributed by atoms with van der Waals surface area (Å²) in [5.41, 5.74) is 40.1. The predicted octanol–water partition coefficient (Wildman–Crippen LogP) is 33.3. The van der Waals surface area contributed by atoms with Crippen LogP contribution in [-0.4, -0.2) is 33.6 Å². The van der Waals surface area contributed by atoms with Crippen molar-refractivity contribution in [2.45, 2.75) is 0 Å². The van der Waals surface area contributed by atoms with Gasteiger partial charge in [-0.1, -0.05) is 358 Å². The number of nitrogens with zero attached hydrogens (tertiary/aromatic N) is 7. The number of hydrogen-bond donors (Lipinski definition) is 0. The third-order valence-electron chi connectivity index (χ3n) is 28.7. The summed E-state index contributed by atoms with van der Waals surface area (Å²) in [6, 6.07) is 160. The topological polar surface area (TPSA) is 66.3 Å². The SMILES string of the molecule is c1cc(-c2ccc3c4c(cccc24)-c2ccccc2-3)cc(-n2c3ccccc3c3cc4c5c(cccc5c32)-c2ccccc2-4)c1.c1ccc(-c2nc(-c3ccc(-n4c5ccc6ccccc6c5c5cc6c7c(cccc7c54)-c4ccccc4-6)cc3)nc3ccccc23)cc1.c1ccc(-c2nc(-n3c4ccccc4c4cc5c6c(cccc6c43)-c3ccccc3-5)nc3ccccc23)cc1. The minimum Gasteiger partial charge on any atom is -0.309 e. The zero-order valence-corrected chi connectivity index (χ0v) is 71.8. The van der Waals surface area contributed by atoms with E-state index < -0.39 is 0 Å². The van der Waals surface area contributed by atoms with E-state index in [0.717, 1.165) is 72.4 Å². The van der Waals surface area contributed by atoms with Crippen molar-refractivity contribution in [2.24, 2.45) is 0 Å². The van der Waals surface area contributed by atoms with Crippen LogP contribution in [0.4, 0.5) is 0 Å². The molecule has 612 valence electrons. The summed E-state index contributed by atoms with van der Waals surface area (Å²) in [7, 11) is 0. The van der Waals surface area contributed by atoms with Crippen molar-refractivity contribution in [3.63, 3.8) is 0 Å². The van der Waals surface area contributed by atoms with Crippen LogP contribution in [0.2, 0.25) is 0 Å². The summed E-state index contributed by atoms with van der Waals surface area (Å²) in [5.74, 6) is 1.41. The smallest absolute Gasteiger partial charge is 0.235 e. The Balaban J connectivity index is 0.0000000981. The van der Waals surface area contributed by atoms with E-state index in [1.54, 1.807) is 0 Å². The molecule has 5 heterocycles. The first-order chi connectivity index (χ1) is 66.0. The summed E-state index contributed by atoms with van der Waals surface area (Å²) in [4.78, 5) is 20.6. The van der Waals surface area contributed by atoms with Crippen molar-refractivity contribution in [2.75, 3.05) is 0 Å². The van der Waals surface area contributed by atoms with E-state index in [2.05, 4.69) is 432 Å². The van der Waals surface area contributed by atoms with Gasteiger partial charge in [0.25, 0.3) is 0 Å². The van der Waals surface area contributed by atoms with Crippen LogP contribution in [0.25, 0.3) is 292 Å². The highest BCUT2D eigenvalue weighted by molar-refractivity contribution is 6.33. The van der Waals surface area contributed by atoms with Gasteiger partial charge in [-0.3, -0.25) is 4.57 Å². The van der Waals surface area contributed by atoms with Crippen molar-refractivity contribution >= 4 is 141 Å². The molecule has 0 unspecified atom stereocenters. The Kier molecular flexibility index (Phi) is 15.6. The van der Waals surface area contributed by atoms with Gasteiger partial charge in [0.15, 0.2) is 5.82 Å². The highest BCUT2D eigenvalue weighted by Crippen LogP contribution is 2.57. The van der Waals surface area contributed by atoms with E-state index in [1.165, 1.54) is 214 Å². The second-order valence-corrected chi connectivity index (χ2v) is 35.6. The second-order valence-electron chi connectivity index (χ2n) is 35.6. The molecule has 0 bridgehead atoms. The number of para-hydroxylation sites is 4. The van der Waals surface area contributed by atoms with Crippen LogP contribution in [-0.2, 0) is 0 Å². The van der Waals surface area contributed by atoms with Gasteiger partial charge in [-0.15, -0.1) is 0 Å². The van der Waals surface area contributed by atoms with E-state index in [1.807, 2.05) is 24.3 Å². The Morgan fingerprint density at radius 1 is 0.158 bits per heavy atom. The second kappa shape index (κ2) is 28.4. The number of benzene rings is 22. The van der Waals surface area contributed by atoms with Gasteiger partial charge in [0.1, 0.15) is 0 Å². The third-order valence-corrected chi connectivity index (χ3v) is 28.7. The molecule has 4 aliphatic rings. The fraction of sp³-hybridized carbons (Fsp3) is 0. The van der Waals surface area contributed by atoms with Gasteiger partial charge in [0.05, 0.1) is 55.5 Å². The van der Waals surface area contributed by atoms with Crippen molar-refractivity contribution in [1.29, 1.82) is 0 Å². The minimum atomic E-state index is 0.690. The normalized spacial score (nSPS) is 12.2. The van der Waals surface area contributed by atoms with Crippen molar-refractivity contribution < 1.29 is 0 Å². The van der Waals surface area contributed by atoms with E-state index in [0.29, 0.717) is 5.95 Å². The van der Waals surface area contributed by atoms with Crippen LogP contribution in [0.15, 0.2) is 443 Å². The molecule has 27 aromatic rings. The summed E-state index contributed by atoms with van der Waals surface area (Å²) in [5, 5.41) is 22.7. The highest BCUT2D eigenvalue weighted by Gasteiger charge is 2.32. The fourth-order valence-corrected chi connectivity index (χ4v) is 23.2. The number of rotatable bonds is 7. The van der Waals surface area contributed by atoms with Crippen molar-refractivity contribution in [3.8, 4) is 151 Å². The maximum Gasteiger partial charge on any atom is 0.235 e. The molecule has 0 atom stereocenters. The predicted molar refractivity (Wildman–Crippen MR) is 556 cm³/mol. The van der Waals surface area contributed by atoms with Gasteiger partial charge in [-0.2, -0.15) is 0 Å². The molecule has 0 aliphatic heterocycles. The Hall–Kier alpha value is -17.8. The molecule has 22 aromatic carbocycles. The molecular weight excluding hydrogens is 1610 g/mol. The lowest BCUT2D eigenvalue weighted by atomic mass is 9.94. The van der Waals surface area contributed by atoms with E-state index in [9.17, 15) is 0 Å². The molecule has 0 amide bonds. The summed E-state index contributed by atoms with van der Waals surface area (Å²) in [6.45, 7) is 0. The van der Waals surface area contributed by atoms with Gasteiger partial charge in [-0.05, 0) is 223 Å². The summed E-state index contributed by atoms with van der Waals surface area (Å²) < 4.78 is 7.23. The van der Waals surface area contributed by atoms with Crippen molar-refractivity contribution in [1.82, 2.24) is 33.6 Å². The Morgan fingerprint density at radius 2 is 0.526 bits per heavy atom. The van der Waals surface area contributed by atoms with Crippen LogP contribution < -0.4 is 0 Å². The first kappa shape index (κ1) is 73.3. The van der Waals surface area contributed by atoms with Gasteiger partial charge in [0.2, 0.25) is 5.95 Å². The number of hydrogen-bond acceptors (Lipinski definition) is 4. The van der Waals surface area contributed by atoms with E-state index >= 15 is 0 Å². The molecule has 0 saturated carbocycles. The van der Waals surface area contributed by atoms with E-state index in [-0.39, 0.29) is 0 Å². The molecule has 7 heteroatoms. The Labute approximate surface area is 763 Å². The molecule has 5 aromatic heterocycles. The Morgan fingerprint density at radius 3 is 1.07 bits per heavy atom. The Bertz CT molecular complexity index is 9750. The molecule has 31 rings (SSSR count). The van der Waals surface area contributed by atoms with Crippen LogP contribution in [0.5, 0.6) is 0 Å². The van der Waals surface area contributed by atoms with Crippen LogP contribution in [0, 0.1) is 0 Å². The molecule has 0 radical (unpaired) electrons. The standard InChI is InChI=1S/C46H27N3.C44H25N.C36H21N3/c1-2-12-29(13-3-1)44-36-17-8-9-20-40(36)47-46(48-44)30-21-24-31(25-22-30)49-41-26-23-28-11-4-5-14-32(28)43(41)39-27-38-34-16-7-6-15-33(34)35-18-10-19-37(42(35)38)45(39)49;1-2-13-30-29(12-1)35-18-8-17-34-28(22-23-37(30)42(34)35)26-10-7-11-27(24-26)45-41-21-6-5-16-33(41)40-25-39-32-15-4-3-14-31(32)36-19-9-20-38(43(36)39)44(40)45;1-2-11-22(12-3-1)34-27-16-6-8-19-31(27)37-36(38-34)39-32-20-9-7-15-25(32)30-21-29-24-14-5-4-13-23(24)26-17-10-18-28(33(26)29)35(30)39/h1-27H;1-25H;1-21H. The monoisotopic (exact) mass is 1680 g/mol. The highest BCUT2D eigenvalue weighted by atomic mass is 15.2. The van der Waals surface area contributed by atoms with Gasteiger partial charge < -0.3 is 9.13 Å². The van der Waals surface area contributed by atoms with Crippen LogP contribution in [0.1, 0.15) is 0 Å². The number of fused-ring (bicyclic) bond motifs is 28. The molecule has 4 aliphatic carbocycles. The average Bonchev–Trinajstić information content (AvgIpc) is 1.55. The van der Waals surface area contributed by atoms with Gasteiger partial charge in [0, 0.05) is 87.3 Å². The van der Waals surface area contributed by atoms with Crippen molar-refractivity contribution in [3.05, 3.63) is 443 Å². The minimum absolute atomic E-state index is 0.690. The molecule has 0 fully saturated rings. The molecule has 0 N–H and O–H groups in total. The lowest BCUT2D eigenvalue weighted by Gasteiger charge is -2.14. The maximum atomic E-state index is 5.27. The zero-order valence-electron chi connectivity index (χ0n) is 71.8. The van der Waals surface area contributed by atoms with E-state index in [4.69, 9.17) is 19.9 Å². The average molecular weight is 1690 g/mol. The molecular formula is C126H73N7. The summed E-state index contributed by atoms with van der Waals surface area (Å²) >= 11 is 0. The molecule has 0 spiro atoms. The fourth-order valence-electron chi connectivity index (χ4n) is 23.2. The van der Waals surface area contributed by atoms with Gasteiger partial charge >= 0.3 is 0 Å². The molecule has 0 saturated heterocycles. The van der Waals surface area contributed by atoms with Crippen LogP contribution >= 0.6 is 0 Å². The lowest BCUT2D eigenvalue weighted by molar-refractivity contribution is 1.02. The first-order valence-corrected chi connectivity index (χ1v) is 45.7. The van der Waals surface area contributed by atoms with Crippen LogP contribution in [0.3, 0.4) is 0 Å². The zero-order chi connectivity index (χ0) is 86.8. The van der Waals surface area contributed by atoms with Gasteiger partial charge in [-0.25, -0.2) is 19.9 Å². The quantitative estimate of drug-likeness (QED) is 0.159. The largest absolute Gasteiger partial charge is 0.309 e. The molecule has 133 heavy (non-hydrogen) atoms. The third kappa shape index (κ3) is 10.7. The lowest BCUT2D eigenvalue weighted by Crippen LogP contribution is -2.03. The molecule has 7 nitrogen and oxygen atoms in total. The number of aromatic nitrogens is 7. The first-order valence-electron chi connectivity index (χ1n) is 45.7.